The van der Waals surface area contributed by atoms with Crippen LogP contribution in [0.2, 0.25) is 0 Å². The number of carboxylic acid groups (broad SMARTS) is 1. The molecule has 0 aliphatic carbocycles. The molecule has 0 spiro atoms. The average molecular weight is 284 g/mol. The third-order valence-corrected chi connectivity index (χ3v) is 4.30. The van der Waals surface area contributed by atoms with Crippen LogP contribution in [0.15, 0.2) is 0 Å². The molecular formula is C14H24N2O4. The van der Waals surface area contributed by atoms with Crippen LogP contribution >= 0.6 is 0 Å². The molecule has 2 rings (SSSR count). The molecule has 2 aliphatic heterocycles. The fourth-order valence-electron chi connectivity index (χ4n) is 3.51. The Kier molecular flexibility index (Phi) is 3.71. The summed E-state index contributed by atoms with van der Waals surface area (Å²) in [4.78, 5) is 25.9. The van der Waals surface area contributed by atoms with E-state index in [9.17, 15) is 14.7 Å². The van der Waals surface area contributed by atoms with Gasteiger partial charge in [-0.2, -0.15) is 0 Å². The number of carbonyl (C=O) groups is 2. The molecule has 0 radical (unpaired) electrons. The summed E-state index contributed by atoms with van der Waals surface area (Å²) >= 11 is 0. The monoisotopic (exact) mass is 284 g/mol. The van der Waals surface area contributed by atoms with Crippen LogP contribution in [0.3, 0.4) is 0 Å². The van der Waals surface area contributed by atoms with Crippen LogP contribution in [0, 0.1) is 5.92 Å². The number of amides is 1. The number of ether oxygens (including phenoxy) is 1. The summed E-state index contributed by atoms with van der Waals surface area (Å²) in [6.07, 6.45) is 0.606. The molecule has 2 aliphatic rings. The lowest BCUT2D eigenvalue weighted by molar-refractivity contribution is -0.152. The van der Waals surface area contributed by atoms with E-state index in [4.69, 9.17) is 4.74 Å². The zero-order valence-corrected chi connectivity index (χ0v) is 12.6. The minimum absolute atomic E-state index is 0.0590. The lowest BCUT2D eigenvalue weighted by Gasteiger charge is -2.38. The molecule has 2 N–H and O–H groups in total. The maximum absolute atomic E-state index is 12.5. The van der Waals surface area contributed by atoms with E-state index in [2.05, 4.69) is 5.32 Å². The van der Waals surface area contributed by atoms with Gasteiger partial charge in [0, 0.05) is 25.0 Å². The molecule has 1 amide bonds. The first-order valence-corrected chi connectivity index (χ1v) is 7.18. The summed E-state index contributed by atoms with van der Waals surface area (Å²) in [5, 5.41) is 13.0. The highest BCUT2D eigenvalue weighted by Gasteiger charge is 2.61. The van der Waals surface area contributed by atoms with Crippen molar-refractivity contribution >= 4 is 12.1 Å². The van der Waals surface area contributed by atoms with Crippen LogP contribution in [0.5, 0.6) is 0 Å². The van der Waals surface area contributed by atoms with Gasteiger partial charge in [-0.1, -0.05) is 6.92 Å². The van der Waals surface area contributed by atoms with Gasteiger partial charge in [0.25, 0.3) is 0 Å². The standard InChI is InChI=1S/C14H24N2O4/c1-5-14(11(17)18)9-6-10(8-15-7-9)16(14)12(19)20-13(2,3)4/h9-10,15H,5-8H2,1-4H3,(H,17,18). The van der Waals surface area contributed by atoms with Gasteiger partial charge in [0.15, 0.2) is 0 Å². The second kappa shape index (κ2) is 4.91. The molecule has 2 bridgehead atoms. The number of likely N-dealkylation sites (tertiary alicyclic amines) is 1. The highest BCUT2D eigenvalue weighted by molar-refractivity contribution is 5.86. The largest absolute Gasteiger partial charge is 0.479 e. The predicted molar refractivity (Wildman–Crippen MR) is 73.5 cm³/mol. The Morgan fingerprint density at radius 3 is 2.55 bits per heavy atom. The zero-order chi connectivity index (χ0) is 15.1. The topological polar surface area (TPSA) is 78.9 Å². The SMILES string of the molecule is CCC1(C(=O)O)C2CNCC(C2)N1C(=O)OC(C)(C)C. The molecular weight excluding hydrogens is 260 g/mol. The molecule has 20 heavy (non-hydrogen) atoms. The van der Waals surface area contributed by atoms with Crippen molar-refractivity contribution in [1.29, 1.82) is 0 Å². The minimum atomic E-state index is -1.14. The van der Waals surface area contributed by atoms with Crippen LogP contribution in [0.25, 0.3) is 0 Å². The fourth-order valence-corrected chi connectivity index (χ4v) is 3.51. The Balaban J connectivity index is 2.36. The van der Waals surface area contributed by atoms with Gasteiger partial charge in [0.1, 0.15) is 11.1 Å². The Bertz CT molecular complexity index is 418. The number of nitrogens with one attached hydrogen (secondary N) is 1. The van der Waals surface area contributed by atoms with Gasteiger partial charge < -0.3 is 15.2 Å². The smallest absolute Gasteiger partial charge is 0.411 e. The van der Waals surface area contributed by atoms with E-state index in [1.165, 1.54) is 4.90 Å². The van der Waals surface area contributed by atoms with Gasteiger partial charge >= 0.3 is 12.1 Å². The Morgan fingerprint density at radius 1 is 1.40 bits per heavy atom. The Hall–Kier alpha value is -1.30. The summed E-state index contributed by atoms with van der Waals surface area (Å²) < 4.78 is 5.43. The highest BCUT2D eigenvalue weighted by Crippen LogP contribution is 2.44. The molecule has 6 heteroatoms. The molecule has 0 aromatic rings. The molecule has 2 heterocycles. The fraction of sp³-hybridized carbons (Fsp3) is 0.857. The molecule has 3 unspecified atom stereocenters. The number of hydrogen-bond acceptors (Lipinski definition) is 4. The van der Waals surface area contributed by atoms with Gasteiger partial charge in [0.2, 0.25) is 0 Å². The van der Waals surface area contributed by atoms with Crippen molar-refractivity contribution in [2.45, 2.75) is 57.7 Å². The number of carboxylic acids is 1. The molecule has 2 fully saturated rings. The first kappa shape index (κ1) is 15.1. The number of fused-ring (bicyclic) bond motifs is 2. The highest BCUT2D eigenvalue weighted by atomic mass is 16.6. The lowest BCUT2D eigenvalue weighted by atomic mass is 9.81. The number of nitrogens with zero attached hydrogens (tertiary/aromatic N) is 1. The number of piperidine rings is 1. The second-order valence-electron chi connectivity index (χ2n) is 6.68. The zero-order valence-electron chi connectivity index (χ0n) is 12.6. The number of hydrogen-bond donors (Lipinski definition) is 2. The van der Waals surface area contributed by atoms with Crippen LogP contribution < -0.4 is 5.32 Å². The van der Waals surface area contributed by atoms with Crippen molar-refractivity contribution in [3.63, 3.8) is 0 Å². The molecule has 2 saturated heterocycles. The van der Waals surface area contributed by atoms with Crippen LogP contribution in [-0.2, 0) is 9.53 Å². The minimum Gasteiger partial charge on any atom is -0.479 e. The second-order valence-corrected chi connectivity index (χ2v) is 6.68. The van der Waals surface area contributed by atoms with Gasteiger partial charge in [-0.05, 0) is 33.6 Å². The Labute approximate surface area is 119 Å². The summed E-state index contributed by atoms with van der Waals surface area (Å²) in [5.74, 6) is -0.988. The first-order chi connectivity index (χ1) is 9.22. The van der Waals surface area contributed by atoms with Crippen molar-refractivity contribution in [3.8, 4) is 0 Å². The molecule has 0 aromatic carbocycles. The van der Waals surface area contributed by atoms with Crippen molar-refractivity contribution in [1.82, 2.24) is 10.2 Å². The summed E-state index contributed by atoms with van der Waals surface area (Å²) in [5.41, 5.74) is -1.77. The van der Waals surface area contributed by atoms with Crippen molar-refractivity contribution < 1.29 is 19.4 Å². The van der Waals surface area contributed by atoms with Gasteiger partial charge in [0.05, 0.1) is 0 Å². The first-order valence-electron chi connectivity index (χ1n) is 7.18. The van der Waals surface area contributed by atoms with E-state index < -0.39 is 23.2 Å². The average Bonchev–Trinajstić information content (AvgIpc) is 2.55. The number of aliphatic carboxylic acids is 1. The summed E-state index contributed by atoms with van der Waals surface area (Å²) in [7, 11) is 0. The third kappa shape index (κ3) is 2.26. The molecule has 114 valence electrons. The molecule has 3 atom stereocenters. The molecule has 6 nitrogen and oxygen atoms in total. The van der Waals surface area contributed by atoms with Crippen LogP contribution in [0.4, 0.5) is 4.79 Å². The van der Waals surface area contributed by atoms with E-state index in [0.717, 1.165) is 6.42 Å². The Morgan fingerprint density at radius 2 is 2.05 bits per heavy atom. The van der Waals surface area contributed by atoms with Crippen LogP contribution in [0.1, 0.15) is 40.5 Å². The van der Waals surface area contributed by atoms with E-state index >= 15 is 0 Å². The van der Waals surface area contributed by atoms with E-state index in [1.807, 2.05) is 6.92 Å². The van der Waals surface area contributed by atoms with Crippen LogP contribution in [-0.4, -0.2) is 52.3 Å². The van der Waals surface area contributed by atoms with E-state index in [-0.39, 0.29) is 12.0 Å². The van der Waals surface area contributed by atoms with Crippen molar-refractivity contribution in [2.24, 2.45) is 5.92 Å². The molecule has 0 saturated carbocycles. The quantitative estimate of drug-likeness (QED) is 0.802. The summed E-state index contributed by atoms with van der Waals surface area (Å²) in [6, 6.07) is -0.0975. The van der Waals surface area contributed by atoms with Gasteiger partial charge in [-0.15, -0.1) is 0 Å². The van der Waals surface area contributed by atoms with Crippen molar-refractivity contribution in [3.05, 3.63) is 0 Å². The van der Waals surface area contributed by atoms with Crippen molar-refractivity contribution in [2.75, 3.05) is 13.1 Å². The van der Waals surface area contributed by atoms with Gasteiger partial charge in [-0.3, -0.25) is 4.90 Å². The normalized spacial score (nSPS) is 33.1. The summed E-state index contributed by atoms with van der Waals surface area (Å²) in [6.45, 7) is 8.46. The van der Waals surface area contributed by atoms with E-state index in [0.29, 0.717) is 19.5 Å². The maximum Gasteiger partial charge on any atom is 0.411 e. The van der Waals surface area contributed by atoms with Gasteiger partial charge in [-0.25, -0.2) is 9.59 Å². The molecule has 0 aromatic heterocycles. The predicted octanol–water partition coefficient (Wildman–Crippen LogP) is 1.45. The maximum atomic E-state index is 12.5. The number of rotatable bonds is 2. The van der Waals surface area contributed by atoms with E-state index in [1.54, 1.807) is 20.8 Å². The number of carbonyl (C=O) groups excluding carboxylic acids is 1. The third-order valence-electron chi connectivity index (χ3n) is 4.30. The lowest BCUT2D eigenvalue weighted by Crippen LogP contribution is -2.58.